The summed E-state index contributed by atoms with van der Waals surface area (Å²) >= 11 is 0. The predicted octanol–water partition coefficient (Wildman–Crippen LogP) is 1.98. The summed E-state index contributed by atoms with van der Waals surface area (Å²) in [5.41, 5.74) is 0. The van der Waals surface area contributed by atoms with Gasteiger partial charge in [-0.1, -0.05) is 19.8 Å². The van der Waals surface area contributed by atoms with Crippen LogP contribution < -0.4 is 0 Å². The molecular weight excluding hydrogens is 164 g/mol. The van der Waals surface area contributed by atoms with Crippen molar-refractivity contribution in [2.24, 2.45) is 0 Å². The van der Waals surface area contributed by atoms with Crippen molar-refractivity contribution < 1.29 is 0 Å². The molecule has 0 saturated carbocycles. The third-order valence-electron chi connectivity index (χ3n) is 2.93. The predicted molar refractivity (Wildman–Crippen MR) is 58.7 cm³/mol. The second-order valence-corrected chi connectivity index (χ2v) is 8.83. The number of unbranched alkanes of at least 4 members (excludes halogenated alkanes) is 1. The molecule has 0 saturated heterocycles. The lowest BCUT2D eigenvalue weighted by molar-refractivity contribution is 0.479. The fourth-order valence-electron chi connectivity index (χ4n) is 1.36. The molecule has 0 aliphatic carbocycles. The Labute approximate surface area is 78.7 Å². The van der Waals surface area contributed by atoms with Crippen molar-refractivity contribution in [3.05, 3.63) is 0 Å². The molecule has 0 aliphatic rings. The average Bonchev–Trinajstić information content (AvgIpc) is 1.99. The molecule has 0 heterocycles. The largest absolute Gasteiger partial charge is 0.317 e. The fourth-order valence-corrected chi connectivity index (χ4v) is 4.08. The Balaban J connectivity index is 4.19. The summed E-state index contributed by atoms with van der Waals surface area (Å²) in [4.78, 5) is 0. The first-order chi connectivity index (χ1) is 5.45. The summed E-state index contributed by atoms with van der Waals surface area (Å²) in [6.45, 7) is 4.70. The molecule has 0 aliphatic heterocycles. The summed E-state index contributed by atoms with van der Waals surface area (Å²) in [7, 11) is 7.58. The van der Waals surface area contributed by atoms with Crippen LogP contribution >= 0.6 is 0 Å². The van der Waals surface area contributed by atoms with Gasteiger partial charge in [0.25, 0.3) is 0 Å². The van der Waals surface area contributed by atoms with Crippen molar-refractivity contribution in [1.82, 2.24) is 9.13 Å². The van der Waals surface area contributed by atoms with Gasteiger partial charge in [0.1, 0.15) is 0 Å². The van der Waals surface area contributed by atoms with Crippen LogP contribution in [0.3, 0.4) is 0 Å². The van der Waals surface area contributed by atoms with Gasteiger partial charge >= 0.3 is 0 Å². The van der Waals surface area contributed by atoms with E-state index in [-0.39, 0.29) is 0 Å². The molecule has 0 rings (SSSR count). The van der Waals surface area contributed by atoms with Crippen LogP contribution in [0.1, 0.15) is 19.8 Å². The van der Waals surface area contributed by atoms with Gasteiger partial charge in [0.2, 0.25) is 8.40 Å². The van der Waals surface area contributed by atoms with E-state index in [4.69, 9.17) is 0 Å². The molecule has 0 fully saturated rings. The maximum atomic E-state index is 2.43. The summed E-state index contributed by atoms with van der Waals surface area (Å²) in [5, 5.41) is 0. The number of rotatable bonds is 5. The topological polar surface area (TPSA) is 6.48 Å². The Morgan fingerprint density at radius 2 is 1.42 bits per heavy atom. The molecule has 0 aromatic rings. The second kappa shape index (κ2) is 4.99. The molecule has 0 aromatic carbocycles. The van der Waals surface area contributed by atoms with Crippen LogP contribution in [0.5, 0.6) is 0 Å². The highest BCUT2D eigenvalue weighted by molar-refractivity contribution is 6.72. The normalized spacial score (nSPS) is 13.0. The standard InChI is InChI=1S/C9H24N2Si/c1-7-8-9-12(6,10(2)3)11(4)5/h7-9H2,1-6H3. The van der Waals surface area contributed by atoms with Gasteiger partial charge in [-0.2, -0.15) is 0 Å². The van der Waals surface area contributed by atoms with Crippen molar-refractivity contribution in [1.29, 1.82) is 0 Å². The lowest BCUT2D eigenvalue weighted by Gasteiger charge is -2.39. The summed E-state index contributed by atoms with van der Waals surface area (Å²) in [6, 6.07) is 1.38. The second-order valence-electron chi connectivity index (χ2n) is 4.11. The quantitative estimate of drug-likeness (QED) is 0.609. The van der Waals surface area contributed by atoms with Crippen LogP contribution in [0, 0.1) is 0 Å². The summed E-state index contributed by atoms with van der Waals surface area (Å²) in [6.07, 6.45) is 2.67. The summed E-state index contributed by atoms with van der Waals surface area (Å²) in [5.74, 6) is 0. The van der Waals surface area contributed by atoms with Gasteiger partial charge in [0.05, 0.1) is 0 Å². The monoisotopic (exact) mass is 188 g/mol. The third kappa shape index (κ3) is 2.88. The Bertz CT molecular complexity index is 116. The van der Waals surface area contributed by atoms with Crippen LogP contribution in [0.25, 0.3) is 0 Å². The third-order valence-corrected chi connectivity index (χ3v) is 8.09. The van der Waals surface area contributed by atoms with Gasteiger partial charge < -0.3 is 9.13 Å². The Hall–Kier alpha value is 0.137. The molecular formula is C9H24N2Si. The Morgan fingerprint density at radius 1 is 1.00 bits per heavy atom. The first kappa shape index (κ1) is 12.1. The first-order valence-corrected chi connectivity index (χ1v) is 7.40. The Kier molecular flexibility index (Phi) is 5.05. The van der Waals surface area contributed by atoms with E-state index in [9.17, 15) is 0 Å². The molecule has 74 valence electrons. The molecule has 0 amide bonds. The van der Waals surface area contributed by atoms with Crippen LogP contribution in [-0.2, 0) is 0 Å². The molecule has 2 nitrogen and oxygen atoms in total. The first-order valence-electron chi connectivity index (χ1n) is 4.80. The van der Waals surface area contributed by atoms with Crippen molar-refractivity contribution in [2.45, 2.75) is 32.4 Å². The zero-order chi connectivity index (χ0) is 9.78. The van der Waals surface area contributed by atoms with Gasteiger partial charge in [-0.25, -0.2) is 0 Å². The number of hydrogen-bond donors (Lipinski definition) is 0. The van der Waals surface area contributed by atoms with Crippen LogP contribution in [0.2, 0.25) is 12.6 Å². The lowest BCUT2D eigenvalue weighted by atomic mass is 10.4. The van der Waals surface area contributed by atoms with Crippen LogP contribution in [0.15, 0.2) is 0 Å². The SMILES string of the molecule is CCCC[Si](C)(N(C)C)N(C)C. The molecule has 3 heteroatoms. The minimum atomic E-state index is -1.26. The smallest absolute Gasteiger partial charge is 0.202 e. The molecule has 0 atom stereocenters. The zero-order valence-corrected chi connectivity index (χ0v) is 10.5. The fraction of sp³-hybridized carbons (Fsp3) is 1.00. The van der Waals surface area contributed by atoms with E-state index < -0.39 is 8.40 Å². The average molecular weight is 188 g/mol. The van der Waals surface area contributed by atoms with E-state index in [0.29, 0.717) is 0 Å². The molecule has 12 heavy (non-hydrogen) atoms. The van der Waals surface area contributed by atoms with Crippen LogP contribution in [-0.4, -0.2) is 45.7 Å². The van der Waals surface area contributed by atoms with E-state index in [1.165, 1.54) is 18.9 Å². The van der Waals surface area contributed by atoms with Gasteiger partial charge in [0, 0.05) is 0 Å². The Morgan fingerprint density at radius 3 is 1.67 bits per heavy atom. The minimum Gasteiger partial charge on any atom is -0.317 e. The molecule has 0 bridgehead atoms. The van der Waals surface area contributed by atoms with Crippen molar-refractivity contribution in [3.63, 3.8) is 0 Å². The lowest BCUT2D eigenvalue weighted by Crippen LogP contribution is -2.58. The van der Waals surface area contributed by atoms with Gasteiger partial charge in [0.15, 0.2) is 0 Å². The number of nitrogens with zero attached hydrogens (tertiary/aromatic N) is 2. The highest BCUT2D eigenvalue weighted by atomic mass is 28.3. The van der Waals surface area contributed by atoms with E-state index in [2.05, 4.69) is 50.8 Å². The highest BCUT2D eigenvalue weighted by Gasteiger charge is 2.32. The zero-order valence-electron chi connectivity index (χ0n) is 9.52. The van der Waals surface area contributed by atoms with Gasteiger partial charge in [-0.3, -0.25) is 0 Å². The maximum absolute atomic E-state index is 2.43. The van der Waals surface area contributed by atoms with E-state index in [0.717, 1.165) is 0 Å². The molecule has 0 aromatic heterocycles. The van der Waals surface area contributed by atoms with E-state index in [1.807, 2.05) is 0 Å². The molecule has 0 radical (unpaired) electrons. The van der Waals surface area contributed by atoms with Crippen LogP contribution in [0.4, 0.5) is 0 Å². The van der Waals surface area contributed by atoms with Gasteiger partial charge in [-0.05, 0) is 40.8 Å². The van der Waals surface area contributed by atoms with Gasteiger partial charge in [-0.15, -0.1) is 0 Å². The highest BCUT2D eigenvalue weighted by Crippen LogP contribution is 2.17. The van der Waals surface area contributed by atoms with E-state index in [1.54, 1.807) is 0 Å². The molecule has 0 unspecified atom stereocenters. The minimum absolute atomic E-state index is 1.26. The maximum Gasteiger partial charge on any atom is 0.202 e. The van der Waals surface area contributed by atoms with E-state index >= 15 is 0 Å². The number of hydrogen-bond acceptors (Lipinski definition) is 2. The molecule has 0 N–H and O–H groups in total. The van der Waals surface area contributed by atoms with Crippen molar-refractivity contribution in [3.8, 4) is 0 Å². The molecule has 0 spiro atoms. The van der Waals surface area contributed by atoms with Crippen molar-refractivity contribution in [2.75, 3.05) is 28.2 Å². The summed E-state index contributed by atoms with van der Waals surface area (Å²) < 4.78 is 4.87. The van der Waals surface area contributed by atoms with Crippen molar-refractivity contribution >= 4 is 8.40 Å².